The maximum atomic E-state index is 12.0. The van der Waals surface area contributed by atoms with Gasteiger partial charge in [-0.05, 0) is 30.2 Å². The molecule has 0 aliphatic carbocycles. The number of thiazole rings is 1. The van der Waals surface area contributed by atoms with Crippen LogP contribution in [0.15, 0.2) is 29.6 Å². The molecule has 1 aromatic heterocycles. The second-order valence-corrected chi connectivity index (χ2v) is 6.51. The predicted octanol–water partition coefficient (Wildman–Crippen LogP) is 2.49. The molecule has 124 valence electrons. The van der Waals surface area contributed by atoms with E-state index >= 15 is 0 Å². The number of hydrogen-bond donors (Lipinski definition) is 2. The first-order valence-electron chi connectivity index (χ1n) is 7.52. The fourth-order valence-electron chi connectivity index (χ4n) is 2.10. The van der Waals surface area contributed by atoms with E-state index in [-0.39, 0.29) is 30.9 Å². The number of carbonyl (C=O) groups is 1. The number of rotatable bonds is 7. The van der Waals surface area contributed by atoms with Crippen LogP contribution in [0, 0.1) is 5.92 Å². The lowest BCUT2D eigenvalue weighted by atomic mass is 10.1. The van der Waals surface area contributed by atoms with Gasteiger partial charge in [0.2, 0.25) is 5.91 Å². The van der Waals surface area contributed by atoms with Gasteiger partial charge in [-0.2, -0.15) is 0 Å². The number of methoxy groups -OCH3 is 1. The number of nitrogens with zero attached hydrogens (tertiary/aromatic N) is 1. The molecule has 1 unspecified atom stereocenters. The smallest absolute Gasteiger partial charge is 0.226 e. The summed E-state index contributed by atoms with van der Waals surface area (Å²) in [5, 5.41) is 14.9. The van der Waals surface area contributed by atoms with Crippen molar-refractivity contribution in [1.82, 2.24) is 10.3 Å². The fraction of sp³-hybridized carbons (Fsp3) is 0.412. The Hall–Kier alpha value is -1.92. The lowest BCUT2D eigenvalue weighted by molar-refractivity contribution is -0.121. The molecule has 1 amide bonds. The van der Waals surface area contributed by atoms with Gasteiger partial charge < -0.3 is 15.2 Å². The number of aliphatic hydroxyl groups is 1. The molecule has 0 bridgehead atoms. The third-order valence-electron chi connectivity index (χ3n) is 3.58. The molecular weight excluding hydrogens is 312 g/mol. The van der Waals surface area contributed by atoms with Crippen molar-refractivity contribution in [3.05, 3.63) is 35.3 Å². The van der Waals surface area contributed by atoms with Crippen LogP contribution in [0.5, 0.6) is 5.75 Å². The number of carbonyl (C=O) groups excluding carboxylic acids is 1. The number of ether oxygens (including phenoxy) is 1. The Balaban J connectivity index is 2.00. The van der Waals surface area contributed by atoms with Gasteiger partial charge in [0, 0.05) is 10.9 Å². The van der Waals surface area contributed by atoms with E-state index in [1.807, 2.05) is 43.5 Å². The monoisotopic (exact) mass is 334 g/mol. The topological polar surface area (TPSA) is 71.5 Å². The van der Waals surface area contributed by atoms with Crippen molar-refractivity contribution in [2.24, 2.45) is 5.92 Å². The Labute approximate surface area is 140 Å². The zero-order valence-corrected chi connectivity index (χ0v) is 14.4. The highest BCUT2D eigenvalue weighted by Gasteiger charge is 2.16. The third kappa shape index (κ3) is 4.77. The highest BCUT2D eigenvalue weighted by Crippen LogP contribution is 2.25. The largest absolute Gasteiger partial charge is 0.497 e. The number of benzene rings is 1. The summed E-state index contributed by atoms with van der Waals surface area (Å²) in [7, 11) is 1.63. The molecule has 0 spiro atoms. The van der Waals surface area contributed by atoms with Crippen LogP contribution in [0.2, 0.25) is 0 Å². The molecule has 23 heavy (non-hydrogen) atoms. The Kier molecular flexibility index (Phi) is 6.12. The average molecular weight is 334 g/mol. The summed E-state index contributed by atoms with van der Waals surface area (Å²) in [5.74, 6) is 0.868. The molecule has 1 atom stereocenters. The van der Waals surface area contributed by atoms with Gasteiger partial charge in [0.1, 0.15) is 10.8 Å². The van der Waals surface area contributed by atoms with Crippen LogP contribution in [-0.2, 0) is 11.2 Å². The molecule has 6 heteroatoms. The van der Waals surface area contributed by atoms with Crippen LogP contribution in [-0.4, -0.2) is 35.8 Å². The quantitative estimate of drug-likeness (QED) is 0.816. The van der Waals surface area contributed by atoms with Gasteiger partial charge >= 0.3 is 0 Å². The van der Waals surface area contributed by atoms with Crippen molar-refractivity contribution in [3.8, 4) is 16.3 Å². The minimum Gasteiger partial charge on any atom is -0.497 e. The van der Waals surface area contributed by atoms with Gasteiger partial charge in [-0.15, -0.1) is 11.3 Å². The standard InChI is InChI=1S/C17H22N2O3S/c1-11(2)15(9-20)19-16(21)8-13-10-23-17(18-13)12-4-6-14(22-3)7-5-12/h4-7,10-11,15,20H,8-9H2,1-3H3,(H,19,21). The van der Waals surface area contributed by atoms with Crippen molar-refractivity contribution in [3.63, 3.8) is 0 Å². The van der Waals surface area contributed by atoms with E-state index in [0.717, 1.165) is 22.0 Å². The van der Waals surface area contributed by atoms with Gasteiger partial charge in [-0.25, -0.2) is 4.98 Å². The van der Waals surface area contributed by atoms with E-state index in [9.17, 15) is 9.90 Å². The molecule has 2 rings (SSSR count). The summed E-state index contributed by atoms with van der Waals surface area (Å²) < 4.78 is 5.14. The average Bonchev–Trinajstić information content (AvgIpc) is 3.00. The van der Waals surface area contributed by atoms with E-state index in [2.05, 4.69) is 10.3 Å². The molecule has 2 aromatic rings. The molecule has 2 N–H and O–H groups in total. The molecule has 1 heterocycles. The minimum atomic E-state index is -0.220. The van der Waals surface area contributed by atoms with Gasteiger partial charge in [-0.3, -0.25) is 4.79 Å². The minimum absolute atomic E-state index is 0.0580. The van der Waals surface area contributed by atoms with E-state index in [1.54, 1.807) is 7.11 Å². The highest BCUT2D eigenvalue weighted by molar-refractivity contribution is 7.13. The molecule has 0 fully saturated rings. The zero-order chi connectivity index (χ0) is 16.8. The van der Waals surface area contributed by atoms with Gasteiger partial charge in [0.05, 0.1) is 31.9 Å². The lowest BCUT2D eigenvalue weighted by Crippen LogP contribution is -2.41. The normalized spacial score (nSPS) is 12.2. The number of aromatic nitrogens is 1. The van der Waals surface area contributed by atoms with Gasteiger partial charge in [0.25, 0.3) is 0 Å². The van der Waals surface area contributed by atoms with E-state index in [4.69, 9.17) is 4.74 Å². The summed E-state index contributed by atoms with van der Waals surface area (Å²) >= 11 is 1.51. The van der Waals surface area contributed by atoms with E-state index in [1.165, 1.54) is 11.3 Å². The van der Waals surface area contributed by atoms with Gasteiger partial charge in [-0.1, -0.05) is 13.8 Å². The van der Waals surface area contributed by atoms with Crippen molar-refractivity contribution < 1.29 is 14.6 Å². The fourth-order valence-corrected chi connectivity index (χ4v) is 2.93. The Morgan fingerprint density at radius 1 is 1.35 bits per heavy atom. The number of hydrogen-bond acceptors (Lipinski definition) is 5. The van der Waals surface area contributed by atoms with Crippen molar-refractivity contribution in [1.29, 1.82) is 0 Å². The van der Waals surface area contributed by atoms with Crippen molar-refractivity contribution in [2.45, 2.75) is 26.3 Å². The molecule has 1 aromatic carbocycles. The number of nitrogens with one attached hydrogen (secondary N) is 1. The first-order valence-corrected chi connectivity index (χ1v) is 8.40. The maximum Gasteiger partial charge on any atom is 0.226 e. The highest BCUT2D eigenvalue weighted by atomic mass is 32.1. The van der Waals surface area contributed by atoms with E-state index < -0.39 is 0 Å². The van der Waals surface area contributed by atoms with Crippen LogP contribution < -0.4 is 10.1 Å². The first kappa shape index (κ1) is 17.4. The Morgan fingerprint density at radius 2 is 2.04 bits per heavy atom. The lowest BCUT2D eigenvalue weighted by Gasteiger charge is -2.19. The second kappa shape index (κ2) is 8.08. The number of aliphatic hydroxyl groups excluding tert-OH is 1. The summed E-state index contributed by atoms with van der Waals surface area (Å²) in [6.45, 7) is 3.87. The summed E-state index contributed by atoms with van der Waals surface area (Å²) in [4.78, 5) is 16.5. The Bertz CT molecular complexity index is 638. The molecule has 0 saturated heterocycles. The Morgan fingerprint density at radius 3 is 2.61 bits per heavy atom. The van der Waals surface area contributed by atoms with Crippen molar-refractivity contribution in [2.75, 3.05) is 13.7 Å². The second-order valence-electron chi connectivity index (χ2n) is 5.65. The van der Waals surface area contributed by atoms with E-state index in [0.29, 0.717) is 0 Å². The molecule has 0 aliphatic heterocycles. The maximum absolute atomic E-state index is 12.0. The summed E-state index contributed by atoms with van der Waals surface area (Å²) in [6, 6.07) is 7.45. The molecule has 0 aliphatic rings. The SMILES string of the molecule is COc1ccc(-c2nc(CC(=O)NC(CO)C(C)C)cs2)cc1. The zero-order valence-electron chi connectivity index (χ0n) is 13.6. The van der Waals surface area contributed by atoms with Crippen molar-refractivity contribution >= 4 is 17.2 Å². The first-order chi connectivity index (χ1) is 11.0. The molecule has 0 saturated carbocycles. The molecule has 5 nitrogen and oxygen atoms in total. The van der Waals surface area contributed by atoms with Crippen LogP contribution in [0.1, 0.15) is 19.5 Å². The predicted molar refractivity (Wildman–Crippen MR) is 91.7 cm³/mol. The van der Waals surface area contributed by atoms with Crippen LogP contribution >= 0.6 is 11.3 Å². The summed E-state index contributed by atoms with van der Waals surface area (Å²) in [6.07, 6.45) is 0.218. The van der Waals surface area contributed by atoms with Crippen LogP contribution in [0.3, 0.4) is 0 Å². The third-order valence-corrected chi connectivity index (χ3v) is 4.52. The summed E-state index contributed by atoms with van der Waals surface area (Å²) in [5.41, 5.74) is 1.73. The number of amides is 1. The molecular formula is C17H22N2O3S. The molecule has 0 radical (unpaired) electrons. The van der Waals surface area contributed by atoms with Crippen LogP contribution in [0.25, 0.3) is 10.6 Å². The van der Waals surface area contributed by atoms with Gasteiger partial charge in [0.15, 0.2) is 0 Å². The van der Waals surface area contributed by atoms with Crippen LogP contribution in [0.4, 0.5) is 0 Å².